The third-order valence-corrected chi connectivity index (χ3v) is 8.66. The molecule has 3 fully saturated rings. The molecule has 2 saturated heterocycles. The monoisotopic (exact) mass is 501 g/mol. The zero-order valence-electron chi connectivity index (χ0n) is 21.5. The van der Waals surface area contributed by atoms with E-state index in [1.165, 1.54) is 12.8 Å². The first-order chi connectivity index (χ1) is 16.7. The highest BCUT2D eigenvalue weighted by Gasteiger charge is 2.33. The van der Waals surface area contributed by atoms with E-state index in [4.69, 9.17) is 11.6 Å². The largest absolute Gasteiger partial charge is 0.343 e. The summed E-state index contributed by atoms with van der Waals surface area (Å²) in [6.45, 7) is 10.4. The fraction of sp³-hybridized carbons (Fsp3) is 0.679. The molecule has 0 N–H and O–H groups in total. The van der Waals surface area contributed by atoms with Crippen LogP contribution in [0.1, 0.15) is 69.1 Å². The number of amides is 2. The van der Waals surface area contributed by atoms with Gasteiger partial charge in [0.1, 0.15) is 5.78 Å². The summed E-state index contributed by atoms with van der Waals surface area (Å²) in [6.07, 6.45) is 6.33. The highest BCUT2D eigenvalue weighted by Crippen LogP contribution is 2.29. The summed E-state index contributed by atoms with van der Waals surface area (Å²) >= 11 is 6.50. The van der Waals surface area contributed by atoms with Gasteiger partial charge in [0, 0.05) is 75.5 Å². The Kier molecular flexibility index (Phi) is 8.54. The van der Waals surface area contributed by atoms with Crippen LogP contribution in [0.5, 0.6) is 0 Å². The number of ketones is 1. The van der Waals surface area contributed by atoms with E-state index in [1.807, 2.05) is 17.0 Å². The summed E-state index contributed by atoms with van der Waals surface area (Å²) < 4.78 is 0. The molecule has 0 aromatic heterocycles. The summed E-state index contributed by atoms with van der Waals surface area (Å²) in [5.74, 6) is 0.928. The van der Waals surface area contributed by atoms with E-state index >= 15 is 0 Å². The van der Waals surface area contributed by atoms with Gasteiger partial charge >= 0.3 is 0 Å². The quantitative estimate of drug-likeness (QED) is 0.585. The molecule has 1 atom stereocenters. The highest BCUT2D eigenvalue weighted by atomic mass is 35.5. The number of halogens is 1. The summed E-state index contributed by atoms with van der Waals surface area (Å²) in [6, 6.07) is 4.17. The highest BCUT2D eigenvalue weighted by molar-refractivity contribution is 6.30. The topological polar surface area (TPSA) is 60.9 Å². The standard InChI is InChI=1S/C28H40ClN3O3/c1-19-17-30(12-13-32(19)28(35)23-6-4-5-7-23)18-25-15-26(29)14-24(20(25)2)16-27(34)22-8-10-31(11-9-22)21(3)33/h14-15,19,22-23H,4-13,16-18H2,1-3H3/t19-/m0/s1. The minimum absolute atomic E-state index is 0.0127. The molecule has 0 unspecified atom stereocenters. The van der Waals surface area contributed by atoms with Gasteiger partial charge in [0.25, 0.3) is 0 Å². The summed E-state index contributed by atoms with van der Waals surface area (Å²) in [5.41, 5.74) is 3.31. The second-order valence-corrected chi connectivity index (χ2v) is 11.3. The third kappa shape index (κ3) is 6.26. The number of Topliss-reactive ketones (excluding diaryl/α,β-unsaturated/α-hetero) is 1. The molecule has 0 radical (unpaired) electrons. The van der Waals surface area contributed by atoms with E-state index in [0.717, 1.165) is 68.6 Å². The fourth-order valence-corrected chi connectivity index (χ4v) is 6.41. The Morgan fingerprint density at radius 2 is 1.60 bits per heavy atom. The molecule has 1 aromatic rings. The van der Waals surface area contributed by atoms with Gasteiger partial charge < -0.3 is 9.80 Å². The minimum Gasteiger partial charge on any atom is -0.343 e. The van der Waals surface area contributed by atoms with Gasteiger partial charge in [-0.2, -0.15) is 0 Å². The van der Waals surface area contributed by atoms with Gasteiger partial charge in [0.15, 0.2) is 0 Å². The van der Waals surface area contributed by atoms with Crippen LogP contribution in [0, 0.1) is 18.8 Å². The lowest BCUT2D eigenvalue weighted by atomic mass is 9.87. The predicted molar refractivity (Wildman–Crippen MR) is 138 cm³/mol. The number of benzene rings is 1. The Hall–Kier alpha value is -1.92. The smallest absolute Gasteiger partial charge is 0.226 e. The first-order valence-corrected chi connectivity index (χ1v) is 13.7. The molecule has 3 aliphatic rings. The van der Waals surface area contributed by atoms with Gasteiger partial charge in [-0.05, 0) is 68.4 Å². The van der Waals surface area contributed by atoms with Crippen molar-refractivity contribution < 1.29 is 14.4 Å². The lowest BCUT2D eigenvalue weighted by Crippen LogP contribution is -2.54. The molecule has 35 heavy (non-hydrogen) atoms. The van der Waals surface area contributed by atoms with E-state index < -0.39 is 0 Å². The normalized spacial score (nSPS) is 22.6. The molecule has 6 nitrogen and oxygen atoms in total. The number of likely N-dealkylation sites (tertiary alicyclic amines) is 1. The molecular formula is C28H40ClN3O3. The summed E-state index contributed by atoms with van der Waals surface area (Å²) in [7, 11) is 0. The lowest BCUT2D eigenvalue weighted by molar-refractivity contribution is -0.140. The van der Waals surface area contributed by atoms with Crippen molar-refractivity contribution in [2.75, 3.05) is 32.7 Å². The van der Waals surface area contributed by atoms with Crippen LogP contribution in [0.25, 0.3) is 0 Å². The van der Waals surface area contributed by atoms with Crippen LogP contribution < -0.4 is 0 Å². The van der Waals surface area contributed by atoms with Crippen LogP contribution in [-0.4, -0.2) is 71.1 Å². The number of piperidine rings is 1. The van der Waals surface area contributed by atoms with Gasteiger partial charge in [-0.3, -0.25) is 19.3 Å². The van der Waals surface area contributed by atoms with Crippen molar-refractivity contribution in [3.8, 4) is 0 Å². The number of hydrogen-bond acceptors (Lipinski definition) is 4. The van der Waals surface area contributed by atoms with Gasteiger partial charge in [0.2, 0.25) is 11.8 Å². The number of nitrogens with zero attached hydrogens (tertiary/aromatic N) is 3. The second-order valence-electron chi connectivity index (χ2n) is 10.9. The first kappa shape index (κ1) is 26.2. The molecule has 192 valence electrons. The van der Waals surface area contributed by atoms with Gasteiger partial charge in [-0.15, -0.1) is 0 Å². The zero-order valence-corrected chi connectivity index (χ0v) is 22.3. The van der Waals surface area contributed by atoms with Crippen LogP contribution in [0.3, 0.4) is 0 Å². The second kappa shape index (κ2) is 11.4. The Labute approximate surface area is 215 Å². The lowest BCUT2D eigenvalue weighted by Gasteiger charge is -2.41. The van der Waals surface area contributed by atoms with Gasteiger partial charge in [0.05, 0.1) is 0 Å². The Morgan fingerprint density at radius 3 is 2.23 bits per heavy atom. The molecule has 2 aliphatic heterocycles. The van der Waals surface area contributed by atoms with Crippen molar-refractivity contribution in [2.24, 2.45) is 11.8 Å². The molecule has 2 amide bonds. The SMILES string of the molecule is CC(=O)N1CCC(C(=O)Cc2cc(Cl)cc(CN3CCN(C(=O)C4CCCC4)[C@@H](C)C3)c2C)CC1. The number of rotatable bonds is 6. The Balaban J connectivity index is 1.36. The molecule has 1 aromatic carbocycles. The molecule has 1 saturated carbocycles. The molecule has 0 spiro atoms. The van der Waals surface area contributed by atoms with Crippen molar-refractivity contribution >= 4 is 29.2 Å². The Bertz CT molecular complexity index is 951. The predicted octanol–water partition coefficient (Wildman–Crippen LogP) is 4.24. The average Bonchev–Trinajstić information content (AvgIpc) is 3.37. The molecule has 1 aliphatic carbocycles. The Morgan fingerprint density at radius 1 is 0.943 bits per heavy atom. The average molecular weight is 502 g/mol. The first-order valence-electron chi connectivity index (χ1n) is 13.3. The number of piperazine rings is 1. The third-order valence-electron chi connectivity index (χ3n) is 8.44. The van der Waals surface area contributed by atoms with Crippen LogP contribution in [0.15, 0.2) is 12.1 Å². The van der Waals surface area contributed by atoms with E-state index in [-0.39, 0.29) is 29.6 Å². The van der Waals surface area contributed by atoms with E-state index in [9.17, 15) is 14.4 Å². The van der Waals surface area contributed by atoms with Crippen molar-refractivity contribution in [1.29, 1.82) is 0 Å². The molecule has 7 heteroatoms. The van der Waals surface area contributed by atoms with E-state index in [2.05, 4.69) is 23.6 Å². The summed E-state index contributed by atoms with van der Waals surface area (Å²) in [5, 5.41) is 0.669. The van der Waals surface area contributed by atoms with Gasteiger partial charge in [-0.25, -0.2) is 0 Å². The molecule has 0 bridgehead atoms. The van der Waals surface area contributed by atoms with Crippen molar-refractivity contribution in [2.45, 2.75) is 78.3 Å². The van der Waals surface area contributed by atoms with Crippen molar-refractivity contribution in [3.05, 3.63) is 33.8 Å². The van der Waals surface area contributed by atoms with Crippen molar-refractivity contribution in [1.82, 2.24) is 14.7 Å². The van der Waals surface area contributed by atoms with Crippen LogP contribution >= 0.6 is 11.6 Å². The number of carbonyl (C=O) groups excluding carboxylic acids is 3. The number of hydrogen-bond donors (Lipinski definition) is 0. The number of carbonyl (C=O) groups is 3. The zero-order chi connectivity index (χ0) is 25.1. The van der Waals surface area contributed by atoms with E-state index in [0.29, 0.717) is 30.4 Å². The maximum absolute atomic E-state index is 13.1. The maximum atomic E-state index is 13.1. The van der Waals surface area contributed by atoms with Crippen LogP contribution in [-0.2, 0) is 27.3 Å². The molecule has 4 rings (SSSR count). The van der Waals surface area contributed by atoms with Gasteiger partial charge in [-0.1, -0.05) is 24.4 Å². The van der Waals surface area contributed by atoms with E-state index in [1.54, 1.807) is 6.92 Å². The van der Waals surface area contributed by atoms with Crippen molar-refractivity contribution in [3.63, 3.8) is 0 Å². The fourth-order valence-electron chi connectivity index (χ4n) is 6.15. The minimum atomic E-state index is 0.0127. The van der Waals surface area contributed by atoms with Crippen LogP contribution in [0.2, 0.25) is 5.02 Å². The molecule has 2 heterocycles. The van der Waals surface area contributed by atoms with Crippen LogP contribution in [0.4, 0.5) is 0 Å². The summed E-state index contributed by atoms with van der Waals surface area (Å²) in [4.78, 5) is 43.9. The maximum Gasteiger partial charge on any atom is 0.226 e. The molecular weight excluding hydrogens is 462 g/mol.